The highest BCUT2D eigenvalue weighted by molar-refractivity contribution is 6.35. The zero-order valence-corrected chi connectivity index (χ0v) is 16.1. The van der Waals surface area contributed by atoms with Gasteiger partial charge in [0, 0.05) is 21.7 Å². The molecule has 27 heavy (non-hydrogen) atoms. The fourth-order valence-corrected chi connectivity index (χ4v) is 3.06. The summed E-state index contributed by atoms with van der Waals surface area (Å²) in [6.07, 6.45) is 0. The average Bonchev–Trinajstić information content (AvgIpc) is 3.13. The molecule has 0 aliphatic heterocycles. The monoisotopic (exact) mass is 404 g/mol. The van der Waals surface area contributed by atoms with Gasteiger partial charge in [0.05, 0.1) is 13.1 Å². The molecule has 0 saturated carbocycles. The molecule has 0 radical (unpaired) electrons. The fourth-order valence-electron chi connectivity index (χ4n) is 2.49. The van der Waals surface area contributed by atoms with Gasteiger partial charge >= 0.3 is 0 Å². The minimum absolute atomic E-state index is 0.0251. The van der Waals surface area contributed by atoms with Gasteiger partial charge in [-0.25, -0.2) is 0 Å². The summed E-state index contributed by atoms with van der Waals surface area (Å²) in [4.78, 5) is 16.3. The predicted molar refractivity (Wildman–Crippen MR) is 104 cm³/mol. The molecule has 0 spiro atoms. The molecule has 8 heteroatoms. The molecule has 140 valence electrons. The maximum atomic E-state index is 12.0. The Hall–Kier alpha value is -2.41. The summed E-state index contributed by atoms with van der Waals surface area (Å²) >= 11 is 12.1. The first kappa shape index (κ1) is 19.4. The molecule has 1 unspecified atom stereocenters. The topological polar surface area (TPSA) is 80.0 Å². The SMILES string of the molecule is CC(NCc1nc(CNC(=O)c2ccccc2)no1)c1ccc(Cl)cc1Cl. The summed E-state index contributed by atoms with van der Waals surface area (Å²) < 4.78 is 5.21. The molecule has 2 aromatic carbocycles. The third-order valence-corrected chi connectivity index (χ3v) is 4.50. The van der Waals surface area contributed by atoms with Crippen molar-refractivity contribution in [2.24, 2.45) is 0 Å². The molecule has 0 aliphatic carbocycles. The minimum atomic E-state index is -0.189. The van der Waals surface area contributed by atoms with Gasteiger partial charge in [0.25, 0.3) is 5.91 Å². The highest BCUT2D eigenvalue weighted by Crippen LogP contribution is 2.26. The Morgan fingerprint density at radius 1 is 1.15 bits per heavy atom. The quantitative estimate of drug-likeness (QED) is 0.617. The normalized spacial score (nSPS) is 12.0. The first-order chi connectivity index (χ1) is 13.0. The molecule has 0 saturated heterocycles. The van der Waals surface area contributed by atoms with Gasteiger partial charge in [0.15, 0.2) is 5.82 Å². The van der Waals surface area contributed by atoms with E-state index in [1.807, 2.05) is 19.1 Å². The number of hydrogen-bond donors (Lipinski definition) is 2. The molecule has 0 aliphatic rings. The molecule has 1 atom stereocenters. The van der Waals surface area contributed by atoms with Gasteiger partial charge in [0.1, 0.15) is 0 Å². The van der Waals surface area contributed by atoms with Crippen molar-refractivity contribution in [1.82, 2.24) is 20.8 Å². The smallest absolute Gasteiger partial charge is 0.251 e. The molecule has 0 fully saturated rings. The number of halogens is 2. The van der Waals surface area contributed by atoms with Gasteiger partial charge in [-0.3, -0.25) is 4.79 Å². The first-order valence-electron chi connectivity index (χ1n) is 8.36. The maximum Gasteiger partial charge on any atom is 0.251 e. The molecule has 0 bridgehead atoms. The van der Waals surface area contributed by atoms with Crippen LogP contribution in [-0.2, 0) is 13.1 Å². The van der Waals surface area contributed by atoms with Crippen LogP contribution < -0.4 is 10.6 Å². The van der Waals surface area contributed by atoms with Gasteiger partial charge in [-0.1, -0.05) is 52.6 Å². The van der Waals surface area contributed by atoms with Gasteiger partial charge in [-0.15, -0.1) is 0 Å². The van der Waals surface area contributed by atoms with Crippen LogP contribution >= 0.6 is 23.2 Å². The molecule has 3 rings (SSSR count). The zero-order valence-electron chi connectivity index (χ0n) is 14.6. The first-order valence-corrected chi connectivity index (χ1v) is 9.11. The van der Waals surface area contributed by atoms with Crippen molar-refractivity contribution in [1.29, 1.82) is 0 Å². The molecule has 1 heterocycles. The highest BCUT2D eigenvalue weighted by Gasteiger charge is 2.13. The molecule has 3 aromatic rings. The number of carbonyl (C=O) groups excluding carboxylic acids is 1. The number of amides is 1. The van der Waals surface area contributed by atoms with E-state index in [1.54, 1.807) is 36.4 Å². The lowest BCUT2D eigenvalue weighted by molar-refractivity contribution is 0.0949. The predicted octanol–water partition coefficient (Wildman–Crippen LogP) is 4.16. The number of nitrogens with zero attached hydrogens (tertiary/aromatic N) is 2. The Kier molecular flexibility index (Phi) is 6.45. The fraction of sp³-hybridized carbons (Fsp3) is 0.211. The Morgan fingerprint density at radius 3 is 2.67 bits per heavy atom. The molecular formula is C19H18Cl2N4O2. The Labute approximate surface area is 166 Å². The van der Waals surface area contributed by atoms with Crippen LogP contribution in [0.1, 0.15) is 40.6 Å². The Morgan fingerprint density at radius 2 is 1.93 bits per heavy atom. The van der Waals surface area contributed by atoms with Crippen LogP contribution in [0.5, 0.6) is 0 Å². The number of benzene rings is 2. The molecule has 6 nitrogen and oxygen atoms in total. The van der Waals surface area contributed by atoms with Crippen molar-refractivity contribution in [3.8, 4) is 0 Å². The van der Waals surface area contributed by atoms with Gasteiger partial charge in [-0.05, 0) is 36.8 Å². The van der Waals surface area contributed by atoms with E-state index in [0.717, 1.165) is 5.56 Å². The molecular weight excluding hydrogens is 387 g/mol. The highest BCUT2D eigenvalue weighted by atomic mass is 35.5. The van der Waals surface area contributed by atoms with E-state index in [9.17, 15) is 4.79 Å². The van der Waals surface area contributed by atoms with Crippen LogP contribution in [-0.4, -0.2) is 16.0 Å². The van der Waals surface area contributed by atoms with Crippen molar-refractivity contribution < 1.29 is 9.32 Å². The van der Waals surface area contributed by atoms with E-state index in [4.69, 9.17) is 27.7 Å². The summed E-state index contributed by atoms with van der Waals surface area (Å²) in [7, 11) is 0. The van der Waals surface area contributed by atoms with Crippen molar-refractivity contribution in [2.45, 2.75) is 26.1 Å². The van der Waals surface area contributed by atoms with Crippen molar-refractivity contribution in [2.75, 3.05) is 0 Å². The van der Waals surface area contributed by atoms with Crippen molar-refractivity contribution >= 4 is 29.1 Å². The van der Waals surface area contributed by atoms with Crippen LogP contribution in [0.15, 0.2) is 53.1 Å². The molecule has 1 aromatic heterocycles. The summed E-state index contributed by atoms with van der Waals surface area (Å²) in [6, 6.07) is 14.3. The second-order valence-electron chi connectivity index (χ2n) is 5.92. The van der Waals surface area contributed by atoms with Crippen LogP contribution in [0, 0.1) is 0 Å². The van der Waals surface area contributed by atoms with Gasteiger partial charge < -0.3 is 15.2 Å². The molecule has 1 amide bonds. The Balaban J connectivity index is 1.51. The van der Waals surface area contributed by atoms with E-state index in [2.05, 4.69) is 20.8 Å². The maximum absolute atomic E-state index is 12.0. The van der Waals surface area contributed by atoms with Crippen LogP contribution in [0.2, 0.25) is 10.0 Å². The second kappa shape index (κ2) is 8.99. The summed E-state index contributed by atoms with van der Waals surface area (Å²) in [5.41, 5.74) is 1.51. The zero-order chi connectivity index (χ0) is 19.2. The third kappa shape index (κ3) is 5.29. The number of carbonyl (C=O) groups is 1. The third-order valence-electron chi connectivity index (χ3n) is 3.94. The number of hydrogen-bond acceptors (Lipinski definition) is 5. The lowest BCUT2D eigenvalue weighted by Gasteiger charge is -2.14. The molecule has 2 N–H and O–H groups in total. The number of nitrogens with one attached hydrogen (secondary N) is 2. The number of rotatable bonds is 7. The lowest BCUT2D eigenvalue weighted by Crippen LogP contribution is -2.23. The largest absolute Gasteiger partial charge is 0.345 e. The van der Waals surface area contributed by atoms with Crippen LogP contribution in [0.4, 0.5) is 0 Å². The van der Waals surface area contributed by atoms with Crippen molar-refractivity contribution in [3.63, 3.8) is 0 Å². The minimum Gasteiger partial charge on any atom is -0.345 e. The van der Waals surface area contributed by atoms with E-state index < -0.39 is 0 Å². The van der Waals surface area contributed by atoms with E-state index in [1.165, 1.54) is 0 Å². The lowest BCUT2D eigenvalue weighted by atomic mass is 10.1. The summed E-state index contributed by atoms with van der Waals surface area (Å²) in [5.74, 6) is 0.648. The van der Waals surface area contributed by atoms with Gasteiger partial charge in [0.2, 0.25) is 5.89 Å². The van der Waals surface area contributed by atoms with Crippen LogP contribution in [0.3, 0.4) is 0 Å². The second-order valence-corrected chi connectivity index (χ2v) is 6.77. The van der Waals surface area contributed by atoms with E-state index >= 15 is 0 Å². The summed E-state index contributed by atoms with van der Waals surface area (Å²) in [5, 5.41) is 11.1. The van der Waals surface area contributed by atoms with E-state index in [-0.39, 0.29) is 18.5 Å². The standard InChI is InChI=1S/C19H18Cl2N4O2/c1-12(15-8-7-14(20)9-16(15)21)22-11-18-24-17(25-27-18)10-23-19(26)13-5-3-2-4-6-13/h2-9,12,22H,10-11H2,1H3,(H,23,26). The van der Waals surface area contributed by atoms with E-state index in [0.29, 0.717) is 33.9 Å². The van der Waals surface area contributed by atoms with Crippen LogP contribution in [0.25, 0.3) is 0 Å². The van der Waals surface area contributed by atoms with Crippen molar-refractivity contribution in [3.05, 3.63) is 81.4 Å². The Bertz CT molecular complexity index is 915. The number of aromatic nitrogens is 2. The summed E-state index contributed by atoms with van der Waals surface area (Å²) in [6.45, 7) is 2.54. The van der Waals surface area contributed by atoms with Gasteiger partial charge in [-0.2, -0.15) is 4.98 Å². The average molecular weight is 405 g/mol.